The molecule has 4 nitrogen and oxygen atoms in total. The van der Waals surface area contributed by atoms with Crippen LogP contribution in [-0.2, 0) is 0 Å². The average molecular weight is 232 g/mol. The van der Waals surface area contributed by atoms with E-state index in [0.717, 1.165) is 22.1 Å². The molecule has 2 aromatic heterocycles. The summed E-state index contributed by atoms with van der Waals surface area (Å²) in [4.78, 5) is 14.2. The van der Waals surface area contributed by atoms with Gasteiger partial charge in [0.25, 0.3) is 0 Å². The summed E-state index contributed by atoms with van der Waals surface area (Å²) < 4.78 is 0. The molecule has 0 amide bonds. The van der Waals surface area contributed by atoms with Crippen molar-refractivity contribution in [3.05, 3.63) is 23.8 Å². The second-order valence-corrected chi connectivity index (χ2v) is 5.07. The van der Waals surface area contributed by atoms with Crippen LogP contribution in [0.2, 0.25) is 0 Å². The van der Waals surface area contributed by atoms with E-state index in [2.05, 4.69) is 15.0 Å². The number of hydrogen-bond donors (Lipinski definition) is 1. The van der Waals surface area contributed by atoms with Crippen molar-refractivity contribution in [1.29, 1.82) is 0 Å². The number of anilines is 1. The molecular weight excluding hydrogens is 220 g/mol. The standard InChI is InChI=1S/C11H12N4S/c1-6-9(16-11(12)14-6)8-4-5-13-10(15-8)7-2-3-7/h4-5,7H,2-3H2,1H3,(H2,12,14). The lowest BCUT2D eigenvalue weighted by molar-refractivity contribution is 0.931. The van der Waals surface area contributed by atoms with Crippen molar-refractivity contribution in [3.63, 3.8) is 0 Å². The maximum Gasteiger partial charge on any atom is 0.180 e. The van der Waals surface area contributed by atoms with Crippen molar-refractivity contribution < 1.29 is 0 Å². The third-order valence-corrected chi connectivity index (χ3v) is 3.67. The van der Waals surface area contributed by atoms with Gasteiger partial charge in [-0.1, -0.05) is 11.3 Å². The van der Waals surface area contributed by atoms with E-state index < -0.39 is 0 Å². The minimum absolute atomic E-state index is 0.575. The minimum Gasteiger partial charge on any atom is -0.375 e. The Morgan fingerprint density at radius 3 is 2.81 bits per heavy atom. The van der Waals surface area contributed by atoms with Crippen LogP contribution in [0, 0.1) is 6.92 Å². The normalized spacial score (nSPS) is 15.3. The Bertz CT molecular complexity index is 531. The van der Waals surface area contributed by atoms with E-state index in [1.54, 1.807) is 0 Å². The lowest BCUT2D eigenvalue weighted by atomic mass is 10.3. The van der Waals surface area contributed by atoms with Crippen LogP contribution in [0.1, 0.15) is 30.3 Å². The number of rotatable bonds is 2. The molecule has 5 heteroatoms. The maximum absolute atomic E-state index is 5.69. The molecule has 0 spiro atoms. The summed E-state index contributed by atoms with van der Waals surface area (Å²) >= 11 is 1.48. The number of thiazole rings is 1. The second kappa shape index (κ2) is 3.52. The van der Waals surface area contributed by atoms with E-state index in [1.165, 1.54) is 24.2 Å². The van der Waals surface area contributed by atoms with Crippen LogP contribution >= 0.6 is 11.3 Å². The second-order valence-electron chi connectivity index (χ2n) is 4.04. The number of nitrogen functional groups attached to an aromatic ring is 1. The number of hydrogen-bond acceptors (Lipinski definition) is 5. The molecule has 3 rings (SSSR count). The highest BCUT2D eigenvalue weighted by Gasteiger charge is 2.26. The van der Waals surface area contributed by atoms with Crippen LogP contribution in [-0.4, -0.2) is 15.0 Å². The summed E-state index contributed by atoms with van der Waals surface area (Å²) in [5.41, 5.74) is 7.59. The summed E-state index contributed by atoms with van der Waals surface area (Å²) in [5.74, 6) is 1.54. The number of nitrogens with two attached hydrogens (primary N) is 1. The van der Waals surface area contributed by atoms with E-state index >= 15 is 0 Å². The van der Waals surface area contributed by atoms with Crippen molar-refractivity contribution in [2.45, 2.75) is 25.7 Å². The molecule has 16 heavy (non-hydrogen) atoms. The lowest BCUT2D eigenvalue weighted by Crippen LogP contribution is -1.93. The summed E-state index contributed by atoms with van der Waals surface area (Å²) in [7, 11) is 0. The Morgan fingerprint density at radius 1 is 1.38 bits per heavy atom. The summed E-state index contributed by atoms with van der Waals surface area (Å²) in [6.07, 6.45) is 4.26. The molecule has 0 atom stereocenters. The van der Waals surface area contributed by atoms with Gasteiger partial charge in [-0.2, -0.15) is 0 Å². The van der Waals surface area contributed by atoms with Gasteiger partial charge in [0, 0.05) is 12.1 Å². The molecule has 0 aliphatic heterocycles. The van der Waals surface area contributed by atoms with Crippen molar-refractivity contribution in [1.82, 2.24) is 15.0 Å². The van der Waals surface area contributed by atoms with Gasteiger partial charge < -0.3 is 5.73 Å². The Labute approximate surface area is 97.6 Å². The molecule has 1 fully saturated rings. The fourth-order valence-corrected chi connectivity index (χ4v) is 2.50. The summed E-state index contributed by atoms with van der Waals surface area (Å²) in [5, 5.41) is 0.596. The van der Waals surface area contributed by atoms with Crippen LogP contribution in [0.25, 0.3) is 10.6 Å². The third kappa shape index (κ3) is 1.67. The van der Waals surface area contributed by atoms with Gasteiger partial charge in [0.05, 0.1) is 16.3 Å². The quantitative estimate of drug-likeness (QED) is 0.863. The van der Waals surface area contributed by atoms with E-state index in [9.17, 15) is 0 Å². The van der Waals surface area contributed by atoms with Crippen LogP contribution in [0.4, 0.5) is 5.13 Å². The predicted octanol–water partition coefficient (Wildman–Crippen LogP) is 2.37. The molecule has 0 bridgehead atoms. The van der Waals surface area contributed by atoms with Crippen molar-refractivity contribution >= 4 is 16.5 Å². The molecule has 2 N–H and O–H groups in total. The fourth-order valence-electron chi connectivity index (χ4n) is 1.69. The molecule has 0 unspecified atom stereocenters. The van der Waals surface area contributed by atoms with Gasteiger partial charge in [-0.05, 0) is 25.8 Å². The zero-order valence-electron chi connectivity index (χ0n) is 8.97. The Morgan fingerprint density at radius 2 is 2.19 bits per heavy atom. The van der Waals surface area contributed by atoms with Crippen molar-refractivity contribution in [2.24, 2.45) is 0 Å². The average Bonchev–Trinajstić information content (AvgIpc) is 3.05. The Hall–Kier alpha value is -1.49. The van der Waals surface area contributed by atoms with Crippen LogP contribution in [0.5, 0.6) is 0 Å². The maximum atomic E-state index is 5.69. The molecule has 2 aromatic rings. The van der Waals surface area contributed by atoms with Crippen LogP contribution in [0.15, 0.2) is 12.3 Å². The molecule has 0 aromatic carbocycles. The molecule has 1 saturated carbocycles. The minimum atomic E-state index is 0.575. The van der Waals surface area contributed by atoms with Gasteiger partial charge in [0.1, 0.15) is 5.82 Å². The zero-order valence-corrected chi connectivity index (χ0v) is 9.79. The van der Waals surface area contributed by atoms with E-state index in [1.807, 2.05) is 19.2 Å². The first-order valence-corrected chi connectivity index (χ1v) is 6.12. The summed E-state index contributed by atoms with van der Waals surface area (Å²) in [6, 6.07) is 1.92. The molecule has 1 aliphatic carbocycles. The monoisotopic (exact) mass is 232 g/mol. The molecule has 0 radical (unpaired) electrons. The largest absolute Gasteiger partial charge is 0.375 e. The number of aromatic nitrogens is 3. The third-order valence-electron chi connectivity index (χ3n) is 2.66. The molecule has 0 saturated heterocycles. The lowest BCUT2D eigenvalue weighted by Gasteiger charge is -2.00. The first-order chi connectivity index (χ1) is 7.74. The van der Waals surface area contributed by atoms with Crippen LogP contribution < -0.4 is 5.73 Å². The van der Waals surface area contributed by atoms with Crippen molar-refractivity contribution in [2.75, 3.05) is 5.73 Å². The van der Waals surface area contributed by atoms with Crippen LogP contribution in [0.3, 0.4) is 0 Å². The first kappa shape index (κ1) is 9.72. The highest BCUT2D eigenvalue weighted by Crippen LogP contribution is 2.39. The van der Waals surface area contributed by atoms with Gasteiger partial charge in [-0.25, -0.2) is 15.0 Å². The smallest absolute Gasteiger partial charge is 0.180 e. The Balaban J connectivity index is 2.05. The first-order valence-electron chi connectivity index (χ1n) is 5.30. The number of aryl methyl sites for hydroxylation is 1. The molecule has 1 aliphatic rings. The van der Waals surface area contributed by atoms with E-state index in [-0.39, 0.29) is 0 Å². The highest BCUT2D eigenvalue weighted by molar-refractivity contribution is 7.18. The highest BCUT2D eigenvalue weighted by atomic mass is 32.1. The molecular formula is C11H12N4S. The predicted molar refractivity (Wildman–Crippen MR) is 64.3 cm³/mol. The number of nitrogens with zero attached hydrogens (tertiary/aromatic N) is 3. The SMILES string of the molecule is Cc1nc(N)sc1-c1ccnc(C2CC2)n1. The van der Waals surface area contributed by atoms with Gasteiger partial charge in [0.2, 0.25) is 0 Å². The molecule has 82 valence electrons. The topological polar surface area (TPSA) is 64.7 Å². The zero-order chi connectivity index (χ0) is 11.1. The molecule has 2 heterocycles. The van der Waals surface area contributed by atoms with Crippen molar-refractivity contribution in [3.8, 4) is 10.6 Å². The van der Waals surface area contributed by atoms with Gasteiger partial charge in [0.15, 0.2) is 5.13 Å². The fraction of sp³-hybridized carbons (Fsp3) is 0.364. The van der Waals surface area contributed by atoms with Gasteiger partial charge in [-0.3, -0.25) is 0 Å². The van der Waals surface area contributed by atoms with Gasteiger partial charge >= 0.3 is 0 Å². The van der Waals surface area contributed by atoms with E-state index in [0.29, 0.717) is 11.0 Å². The summed E-state index contributed by atoms with van der Waals surface area (Å²) in [6.45, 7) is 1.96. The van der Waals surface area contributed by atoms with E-state index in [4.69, 9.17) is 5.73 Å². The van der Waals surface area contributed by atoms with Gasteiger partial charge in [-0.15, -0.1) is 0 Å². The Kier molecular flexibility index (Phi) is 2.14.